The van der Waals surface area contributed by atoms with Crippen molar-refractivity contribution in [1.82, 2.24) is 10.2 Å². The van der Waals surface area contributed by atoms with Crippen molar-refractivity contribution in [2.45, 2.75) is 19.4 Å². The van der Waals surface area contributed by atoms with Crippen molar-refractivity contribution < 1.29 is 44.3 Å². The summed E-state index contributed by atoms with van der Waals surface area (Å²) in [6, 6.07) is 8.88. The zero-order valence-corrected chi connectivity index (χ0v) is 16.6. The monoisotopic (exact) mass is 412 g/mol. The Hall–Kier alpha value is -3.18. The highest BCUT2D eigenvalue weighted by Gasteiger charge is 2.01. The molecule has 0 aliphatic rings. The molecule has 0 saturated heterocycles. The zero-order valence-electron chi connectivity index (χ0n) is 16.6. The standard InChI is InChI=1S/C14H24N2O.2C2H2O4/c1-12(15-2)11-13-5-7-14(8-6-13)17-10-9-16(3)4;2*3-1(4)2(5)6/h5-8,12,15H,9-11H2,1-4H3;2*(H,3,4)(H,5,6)/p-4. The second-order valence-electron chi connectivity index (χ2n) is 5.84. The van der Waals surface area contributed by atoms with Gasteiger partial charge in [0.05, 0.1) is 23.9 Å². The fraction of sp³-hybridized carbons (Fsp3) is 0.444. The molecule has 0 spiro atoms. The third-order valence-corrected chi connectivity index (χ3v) is 3.10. The van der Waals surface area contributed by atoms with Crippen LogP contribution in [0.3, 0.4) is 0 Å². The molecule has 0 radical (unpaired) electrons. The van der Waals surface area contributed by atoms with Crippen molar-refractivity contribution in [1.29, 1.82) is 0 Å². The first kappa shape index (κ1) is 28.0. The molecule has 1 aromatic carbocycles. The first-order valence-electron chi connectivity index (χ1n) is 8.29. The van der Waals surface area contributed by atoms with Gasteiger partial charge < -0.3 is 54.6 Å². The molecular weight excluding hydrogens is 388 g/mol. The van der Waals surface area contributed by atoms with Gasteiger partial charge in [-0.25, -0.2) is 0 Å². The van der Waals surface area contributed by atoms with Crippen LogP contribution in [0.5, 0.6) is 5.75 Å². The summed E-state index contributed by atoms with van der Waals surface area (Å²) >= 11 is 0. The van der Waals surface area contributed by atoms with Crippen molar-refractivity contribution in [2.75, 3.05) is 34.3 Å². The molecule has 11 heteroatoms. The number of ether oxygens (including phenoxy) is 1. The minimum absolute atomic E-state index is 0.510. The lowest BCUT2D eigenvalue weighted by Gasteiger charge is -2.12. The van der Waals surface area contributed by atoms with Crippen LogP contribution in [0.25, 0.3) is 0 Å². The Kier molecular flexibility index (Phi) is 15.3. The maximum absolute atomic E-state index is 8.93. The van der Waals surface area contributed by atoms with Gasteiger partial charge in [0.25, 0.3) is 0 Å². The highest BCUT2D eigenvalue weighted by Crippen LogP contribution is 2.13. The second kappa shape index (κ2) is 15.8. The Morgan fingerprint density at radius 2 is 1.34 bits per heavy atom. The molecular formula is C18H24N2O9-4. The number of likely N-dealkylation sites (N-methyl/N-ethyl adjacent to an activating group) is 2. The molecule has 0 aromatic heterocycles. The lowest BCUT2D eigenvalue weighted by molar-refractivity contribution is -0.345. The van der Waals surface area contributed by atoms with E-state index in [2.05, 4.69) is 29.3 Å². The summed E-state index contributed by atoms with van der Waals surface area (Å²) < 4.78 is 5.65. The molecule has 0 saturated carbocycles. The summed E-state index contributed by atoms with van der Waals surface area (Å²) in [7, 11) is 6.08. The van der Waals surface area contributed by atoms with Crippen LogP contribution in [0.2, 0.25) is 0 Å². The van der Waals surface area contributed by atoms with Crippen LogP contribution in [0.15, 0.2) is 24.3 Å². The maximum Gasteiger partial charge on any atom is 0.119 e. The molecule has 0 aliphatic carbocycles. The Balaban J connectivity index is 0. The normalized spacial score (nSPS) is 10.5. The van der Waals surface area contributed by atoms with E-state index in [1.807, 2.05) is 33.3 Å². The van der Waals surface area contributed by atoms with Crippen LogP contribution in [-0.4, -0.2) is 69.1 Å². The number of nitrogens with one attached hydrogen (secondary N) is 1. The molecule has 1 N–H and O–H groups in total. The van der Waals surface area contributed by atoms with Gasteiger partial charge in [-0.1, -0.05) is 12.1 Å². The van der Waals surface area contributed by atoms with Crippen LogP contribution < -0.4 is 30.5 Å². The molecule has 1 unspecified atom stereocenters. The van der Waals surface area contributed by atoms with Crippen LogP contribution in [0.1, 0.15) is 12.5 Å². The number of carboxylic acids is 4. The van der Waals surface area contributed by atoms with E-state index in [0.717, 1.165) is 25.3 Å². The summed E-state index contributed by atoms with van der Waals surface area (Å²) in [6.07, 6.45) is 1.05. The number of rotatable bonds is 7. The van der Waals surface area contributed by atoms with Crippen LogP contribution in [0, 0.1) is 0 Å². The SMILES string of the molecule is CNC(C)Cc1ccc(OCCN(C)C)cc1.O=C([O-])C(=O)[O-].O=C([O-])C(=O)[O-]. The van der Waals surface area contributed by atoms with Crippen molar-refractivity contribution in [3.8, 4) is 5.75 Å². The summed E-state index contributed by atoms with van der Waals surface area (Å²) in [5.41, 5.74) is 1.34. The van der Waals surface area contributed by atoms with E-state index >= 15 is 0 Å². The van der Waals surface area contributed by atoms with Crippen LogP contribution in [-0.2, 0) is 25.6 Å². The number of aliphatic carboxylic acids is 4. The smallest absolute Gasteiger partial charge is 0.119 e. The average Bonchev–Trinajstić information content (AvgIpc) is 2.63. The number of carbonyl (C=O) groups is 4. The Morgan fingerprint density at radius 3 is 1.66 bits per heavy atom. The number of carbonyl (C=O) groups excluding carboxylic acids is 4. The van der Waals surface area contributed by atoms with Crippen molar-refractivity contribution >= 4 is 23.9 Å². The molecule has 11 nitrogen and oxygen atoms in total. The van der Waals surface area contributed by atoms with Gasteiger partial charge in [-0.15, -0.1) is 0 Å². The molecule has 29 heavy (non-hydrogen) atoms. The molecule has 164 valence electrons. The van der Waals surface area contributed by atoms with Crippen molar-refractivity contribution in [2.24, 2.45) is 0 Å². The quantitative estimate of drug-likeness (QED) is 0.422. The predicted octanol–water partition coefficient (Wildman–Crippen LogP) is -5.25. The predicted molar refractivity (Wildman–Crippen MR) is 92.7 cm³/mol. The van der Waals surface area contributed by atoms with Crippen LogP contribution >= 0.6 is 0 Å². The van der Waals surface area contributed by atoms with E-state index in [1.165, 1.54) is 5.56 Å². The Bertz CT molecular complexity index is 597. The number of hydrogen-bond donors (Lipinski definition) is 1. The van der Waals surface area contributed by atoms with E-state index in [-0.39, 0.29) is 0 Å². The summed E-state index contributed by atoms with van der Waals surface area (Å²) in [5, 5.41) is 38.9. The van der Waals surface area contributed by atoms with E-state index in [9.17, 15) is 0 Å². The highest BCUT2D eigenvalue weighted by atomic mass is 16.5. The molecule has 1 rings (SSSR count). The third-order valence-electron chi connectivity index (χ3n) is 3.10. The lowest BCUT2D eigenvalue weighted by Crippen LogP contribution is -2.42. The number of benzene rings is 1. The van der Waals surface area contributed by atoms with Gasteiger partial charge in [0.15, 0.2) is 0 Å². The van der Waals surface area contributed by atoms with Gasteiger partial charge in [-0.3, -0.25) is 0 Å². The summed E-state index contributed by atoms with van der Waals surface area (Å²) in [4.78, 5) is 37.8. The Morgan fingerprint density at radius 1 is 0.931 bits per heavy atom. The molecule has 0 fully saturated rings. The first-order valence-corrected chi connectivity index (χ1v) is 8.29. The van der Waals surface area contributed by atoms with Gasteiger partial charge in [0.1, 0.15) is 12.4 Å². The first-order chi connectivity index (χ1) is 13.4. The number of carboxylic acid groups (broad SMARTS) is 4. The molecule has 0 aliphatic heterocycles. The number of nitrogens with zero attached hydrogens (tertiary/aromatic N) is 1. The third kappa shape index (κ3) is 18.0. The van der Waals surface area contributed by atoms with Crippen LogP contribution in [0.4, 0.5) is 0 Å². The van der Waals surface area contributed by atoms with Gasteiger partial charge in [0.2, 0.25) is 0 Å². The van der Waals surface area contributed by atoms with Crippen molar-refractivity contribution in [3.63, 3.8) is 0 Å². The zero-order chi connectivity index (χ0) is 23.0. The van der Waals surface area contributed by atoms with E-state index in [1.54, 1.807) is 0 Å². The van der Waals surface area contributed by atoms with Gasteiger partial charge in [0, 0.05) is 12.6 Å². The Labute approximate surface area is 168 Å². The highest BCUT2D eigenvalue weighted by molar-refractivity contribution is 6.25. The summed E-state index contributed by atoms with van der Waals surface area (Å²) in [6.45, 7) is 3.86. The molecule has 1 atom stereocenters. The van der Waals surface area contributed by atoms with Gasteiger partial charge in [-0.05, 0) is 52.2 Å². The van der Waals surface area contributed by atoms with Crippen molar-refractivity contribution in [3.05, 3.63) is 29.8 Å². The fourth-order valence-corrected chi connectivity index (χ4v) is 1.52. The fourth-order valence-electron chi connectivity index (χ4n) is 1.52. The molecule has 1 aromatic rings. The minimum Gasteiger partial charge on any atom is -0.543 e. The number of hydrogen-bond acceptors (Lipinski definition) is 11. The van der Waals surface area contributed by atoms with E-state index in [0.29, 0.717) is 6.04 Å². The molecule has 0 amide bonds. The van der Waals surface area contributed by atoms with E-state index in [4.69, 9.17) is 44.3 Å². The maximum atomic E-state index is 8.93. The topological polar surface area (TPSA) is 185 Å². The molecule has 0 heterocycles. The lowest BCUT2D eigenvalue weighted by atomic mass is 10.1. The minimum atomic E-state index is -2.19. The molecule has 0 bridgehead atoms. The van der Waals surface area contributed by atoms with E-state index < -0.39 is 23.9 Å². The van der Waals surface area contributed by atoms with Gasteiger partial charge in [-0.2, -0.15) is 0 Å². The average molecular weight is 412 g/mol. The largest absolute Gasteiger partial charge is 0.543 e. The van der Waals surface area contributed by atoms with Gasteiger partial charge >= 0.3 is 0 Å². The summed E-state index contributed by atoms with van der Waals surface area (Å²) in [5.74, 6) is -7.79. The second-order valence-corrected chi connectivity index (χ2v) is 5.84.